The van der Waals surface area contributed by atoms with Crippen LogP contribution in [-0.4, -0.2) is 37.2 Å². The molecule has 0 saturated carbocycles. The van der Waals surface area contributed by atoms with E-state index in [2.05, 4.69) is 27.7 Å². The minimum absolute atomic E-state index is 0.0640. The zero-order valence-electron chi connectivity index (χ0n) is 35.3. The lowest BCUT2D eigenvalue weighted by Crippen LogP contribution is -2.30. The summed E-state index contributed by atoms with van der Waals surface area (Å²) in [4.78, 5) is 37.6. The van der Waals surface area contributed by atoms with Gasteiger partial charge in [-0.05, 0) is 25.2 Å². The van der Waals surface area contributed by atoms with Gasteiger partial charge in [0.25, 0.3) is 0 Å². The van der Waals surface area contributed by atoms with Crippen molar-refractivity contribution in [2.24, 2.45) is 5.92 Å². The first kappa shape index (κ1) is 50.4. The second-order valence-electron chi connectivity index (χ2n) is 16.2. The van der Waals surface area contributed by atoms with Crippen LogP contribution in [0.1, 0.15) is 252 Å². The summed E-state index contributed by atoms with van der Waals surface area (Å²) in [6, 6.07) is 0. The van der Waals surface area contributed by atoms with Crippen molar-refractivity contribution in [3.8, 4) is 0 Å². The van der Waals surface area contributed by atoms with E-state index < -0.39 is 6.10 Å². The molecule has 0 rings (SSSR count). The van der Waals surface area contributed by atoms with Crippen LogP contribution in [0, 0.1) is 5.92 Å². The van der Waals surface area contributed by atoms with Crippen LogP contribution in [0.4, 0.5) is 0 Å². The summed E-state index contributed by atoms with van der Waals surface area (Å²) in [5.41, 5.74) is 0. The average Bonchev–Trinajstić information content (AvgIpc) is 3.12. The molecule has 0 aliphatic rings. The first-order valence-electron chi connectivity index (χ1n) is 22.9. The van der Waals surface area contributed by atoms with E-state index in [1.54, 1.807) is 0 Å². The summed E-state index contributed by atoms with van der Waals surface area (Å²) >= 11 is 0. The molecule has 6 nitrogen and oxygen atoms in total. The summed E-state index contributed by atoms with van der Waals surface area (Å²) in [6.07, 6.45) is 39.5. The monoisotopic (exact) mass is 737 g/mol. The van der Waals surface area contributed by atoms with Crippen molar-refractivity contribution in [1.82, 2.24) is 0 Å². The van der Waals surface area contributed by atoms with Gasteiger partial charge in [0.15, 0.2) is 6.10 Å². The van der Waals surface area contributed by atoms with E-state index in [-0.39, 0.29) is 31.1 Å². The van der Waals surface area contributed by atoms with Crippen molar-refractivity contribution in [3.05, 3.63) is 0 Å². The molecule has 0 N–H and O–H groups in total. The van der Waals surface area contributed by atoms with Crippen molar-refractivity contribution in [1.29, 1.82) is 0 Å². The van der Waals surface area contributed by atoms with E-state index in [0.29, 0.717) is 19.3 Å². The molecule has 0 aromatic heterocycles. The third kappa shape index (κ3) is 39.6. The van der Waals surface area contributed by atoms with Gasteiger partial charge in [-0.25, -0.2) is 0 Å². The summed E-state index contributed by atoms with van der Waals surface area (Å²) in [5, 5.41) is 0. The predicted octanol–water partition coefficient (Wildman–Crippen LogP) is 14.3. The maximum atomic E-state index is 12.7. The van der Waals surface area contributed by atoms with Crippen molar-refractivity contribution in [2.75, 3.05) is 13.2 Å². The molecule has 308 valence electrons. The number of hydrogen-bond acceptors (Lipinski definition) is 6. The van der Waals surface area contributed by atoms with Gasteiger partial charge in [0.05, 0.1) is 0 Å². The molecule has 1 atom stereocenters. The van der Waals surface area contributed by atoms with Crippen molar-refractivity contribution in [2.45, 2.75) is 259 Å². The highest BCUT2D eigenvalue weighted by Crippen LogP contribution is 2.16. The van der Waals surface area contributed by atoms with Crippen LogP contribution in [-0.2, 0) is 28.6 Å². The first-order valence-corrected chi connectivity index (χ1v) is 22.9. The molecule has 0 bridgehead atoms. The van der Waals surface area contributed by atoms with Gasteiger partial charge in [-0.3, -0.25) is 14.4 Å². The van der Waals surface area contributed by atoms with Gasteiger partial charge >= 0.3 is 17.9 Å². The highest BCUT2D eigenvalue weighted by Gasteiger charge is 2.19. The molecule has 0 radical (unpaired) electrons. The Balaban J connectivity index is 4.26. The van der Waals surface area contributed by atoms with Crippen molar-refractivity contribution >= 4 is 17.9 Å². The molecule has 0 aromatic rings. The maximum absolute atomic E-state index is 12.7. The number of esters is 3. The largest absolute Gasteiger partial charge is 0.462 e. The maximum Gasteiger partial charge on any atom is 0.306 e. The number of carbonyl (C=O) groups excluding carboxylic acids is 3. The fourth-order valence-electron chi connectivity index (χ4n) is 6.80. The number of ether oxygens (including phenoxy) is 3. The SMILES string of the molecule is CCCCCCCCCCCCCCCC(=O)OC[C@H](COC(=O)CCCCCCCCC)OC(=O)CCCCCCCCCCCCCC(C)C. The second kappa shape index (κ2) is 40.6. The van der Waals surface area contributed by atoms with E-state index in [1.165, 1.54) is 148 Å². The molecule has 0 amide bonds. The van der Waals surface area contributed by atoms with Gasteiger partial charge in [0.2, 0.25) is 0 Å². The van der Waals surface area contributed by atoms with Crippen LogP contribution in [0.5, 0.6) is 0 Å². The topological polar surface area (TPSA) is 78.9 Å². The number of rotatable bonds is 41. The van der Waals surface area contributed by atoms with Crippen molar-refractivity contribution < 1.29 is 28.6 Å². The number of hydrogen-bond donors (Lipinski definition) is 0. The fraction of sp³-hybridized carbons (Fsp3) is 0.935. The van der Waals surface area contributed by atoms with Gasteiger partial charge in [-0.15, -0.1) is 0 Å². The Labute approximate surface area is 323 Å². The minimum atomic E-state index is -0.758. The summed E-state index contributed by atoms with van der Waals surface area (Å²) in [5.74, 6) is -0.0348. The quantitative estimate of drug-likeness (QED) is 0.0353. The van der Waals surface area contributed by atoms with Crippen LogP contribution < -0.4 is 0 Å². The molecule has 6 heteroatoms. The standard InChI is InChI=1S/C46H88O6/c1-5-7-9-11-13-14-15-16-19-22-26-30-34-38-45(48)51-41-43(40-50-44(47)37-33-29-24-12-10-8-6-2)52-46(49)39-35-31-27-23-20-17-18-21-25-28-32-36-42(3)4/h42-43H,5-41H2,1-4H3/t43-/m0/s1. The molecule has 0 aliphatic carbocycles. The van der Waals surface area contributed by atoms with Gasteiger partial charge in [0.1, 0.15) is 13.2 Å². The predicted molar refractivity (Wildman–Crippen MR) is 220 cm³/mol. The molecular formula is C46H88O6. The zero-order valence-corrected chi connectivity index (χ0v) is 35.3. The van der Waals surface area contributed by atoms with E-state index in [0.717, 1.165) is 63.7 Å². The third-order valence-corrected chi connectivity index (χ3v) is 10.3. The Morgan fingerprint density at radius 3 is 0.942 bits per heavy atom. The van der Waals surface area contributed by atoms with Crippen molar-refractivity contribution in [3.63, 3.8) is 0 Å². The molecule has 0 saturated heterocycles. The summed E-state index contributed by atoms with van der Waals surface area (Å²) in [7, 11) is 0. The average molecular weight is 737 g/mol. The Morgan fingerprint density at radius 2 is 0.635 bits per heavy atom. The Morgan fingerprint density at radius 1 is 0.365 bits per heavy atom. The molecule has 0 unspecified atom stereocenters. The molecule has 0 spiro atoms. The van der Waals surface area contributed by atoms with E-state index in [9.17, 15) is 14.4 Å². The lowest BCUT2D eigenvalue weighted by molar-refractivity contribution is -0.167. The lowest BCUT2D eigenvalue weighted by atomic mass is 10.0. The van der Waals surface area contributed by atoms with E-state index in [1.807, 2.05) is 0 Å². The van der Waals surface area contributed by atoms with Gasteiger partial charge in [0, 0.05) is 19.3 Å². The normalized spacial score (nSPS) is 11.9. The summed E-state index contributed by atoms with van der Waals surface area (Å²) < 4.78 is 16.7. The van der Waals surface area contributed by atoms with E-state index in [4.69, 9.17) is 14.2 Å². The second-order valence-corrected chi connectivity index (χ2v) is 16.2. The number of carbonyl (C=O) groups is 3. The minimum Gasteiger partial charge on any atom is -0.462 e. The van der Waals surface area contributed by atoms with Crippen LogP contribution in [0.25, 0.3) is 0 Å². The Kier molecular flexibility index (Phi) is 39.4. The summed E-state index contributed by atoms with van der Waals surface area (Å²) in [6.45, 7) is 8.95. The first-order chi connectivity index (χ1) is 25.4. The Bertz CT molecular complexity index is 781. The molecule has 52 heavy (non-hydrogen) atoms. The fourth-order valence-corrected chi connectivity index (χ4v) is 6.80. The van der Waals surface area contributed by atoms with Crippen LogP contribution in [0.15, 0.2) is 0 Å². The van der Waals surface area contributed by atoms with Gasteiger partial charge < -0.3 is 14.2 Å². The van der Waals surface area contributed by atoms with Gasteiger partial charge in [-0.1, -0.05) is 214 Å². The van der Waals surface area contributed by atoms with E-state index >= 15 is 0 Å². The highest BCUT2D eigenvalue weighted by atomic mass is 16.6. The zero-order chi connectivity index (χ0) is 38.2. The molecule has 0 fully saturated rings. The molecular weight excluding hydrogens is 648 g/mol. The van der Waals surface area contributed by atoms with Crippen LogP contribution in [0.3, 0.4) is 0 Å². The molecule has 0 heterocycles. The lowest BCUT2D eigenvalue weighted by Gasteiger charge is -2.18. The highest BCUT2D eigenvalue weighted by molar-refractivity contribution is 5.71. The molecule has 0 aromatic carbocycles. The Hall–Kier alpha value is -1.59. The van der Waals surface area contributed by atoms with Crippen LogP contribution in [0.2, 0.25) is 0 Å². The third-order valence-electron chi connectivity index (χ3n) is 10.3. The van der Waals surface area contributed by atoms with Gasteiger partial charge in [-0.2, -0.15) is 0 Å². The smallest absolute Gasteiger partial charge is 0.306 e. The molecule has 0 aliphatic heterocycles. The van der Waals surface area contributed by atoms with Crippen LogP contribution >= 0.6 is 0 Å². The number of unbranched alkanes of at least 4 members (excludes halogenated alkanes) is 28.